The lowest BCUT2D eigenvalue weighted by Crippen LogP contribution is -2.23. The van der Waals surface area contributed by atoms with Gasteiger partial charge < -0.3 is 10.4 Å². The summed E-state index contributed by atoms with van der Waals surface area (Å²) < 4.78 is 1.14. The molecule has 0 aliphatic rings. The van der Waals surface area contributed by atoms with Gasteiger partial charge in [0.25, 0.3) is 0 Å². The summed E-state index contributed by atoms with van der Waals surface area (Å²) in [4.78, 5) is 11.0. The Kier molecular flexibility index (Phi) is 5.55. The van der Waals surface area contributed by atoms with Crippen molar-refractivity contribution >= 4 is 28.6 Å². The van der Waals surface area contributed by atoms with Gasteiger partial charge in [-0.05, 0) is 45.9 Å². The van der Waals surface area contributed by atoms with Crippen molar-refractivity contribution in [1.82, 2.24) is 5.32 Å². The topological polar surface area (TPSA) is 49.3 Å². The molecule has 2 aromatic rings. The molecule has 3 nitrogen and oxygen atoms in total. The Morgan fingerprint density at radius 2 is 1.75 bits per heavy atom. The zero-order chi connectivity index (χ0) is 14.4. The van der Waals surface area contributed by atoms with Gasteiger partial charge in [0.1, 0.15) is 0 Å². The number of halogens is 1. The van der Waals surface area contributed by atoms with E-state index in [1.54, 1.807) is 0 Å². The van der Waals surface area contributed by atoms with Crippen LogP contribution in [-0.4, -0.2) is 11.1 Å². The maximum absolute atomic E-state index is 11.0. The van der Waals surface area contributed by atoms with Crippen molar-refractivity contribution in [3.63, 3.8) is 0 Å². The molecule has 0 heterocycles. The fourth-order valence-corrected chi connectivity index (χ4v) is 2.37. The molecule has 0 aliphatic carbocycles. The first-order valence-corrected chi connectivity index (χ1v) is 7.47. The molecule has 0 unspecified atom stereocenters. The first-order chi connectivity index (χ1) is 9.65. The number of carbonyl (C=O) groups is 1. The molecule has 20 heavy (non-hydrogen) atoms. The molecule has 0 spiro atoms. The highest BCUT2D eigenvalue weighted by atomic mass is 127. The SMILES string of the molecule is O=C(O)C[C@@H](NCc1ccccc1)c1ccc(I)cc1. The smallest absolute Gasteiger partial charge is 0.305 e. The Morgan fingerprint density at radius 1 is 1.10 bits per heavy atom. The fourth-order valence-electron chi connectivity index (χ4n) is 2.01. The van der Waals surface area contributed by atoms with Gasteiger partial charge in [-0.25, -0.2) is 0 Å². The summed E-state index contributed by atoms with van der Waals surface area (Å²) in [5.74, 6) is -0.797. The number of aliphatic carboxylic acids is 1. The maximum atomic E-state index is 11.0. The van der Waals surface area contributed by atoms with Gasteiger partial charge in [-0.15, -0.1) is 0 Å². The average molecular weight is 381 g/mol. The third kappa shape index (κ3) is 4.61. The number of hydrogen-bond donors (Lipinski definition) is 2. The van der Waals surface area contributed by atoms with Crippen LogP contribution in [0.5, 0.6) is 0 Å². The summed E-state index contributed by atoms with van der Waals surface area (Å²) in [5.41, 5.74) is 2.15. The summed E-state index contributed by atoms with van der Waals surface area (Å²) in [6.45, 7) is 0.658. The molecule has 2 rings (SSSR count). The Labute approximate surface area is 132 Å². The summed E-state index contributed by atoms with van der Waals surface area (Å²) >= 11 is 2.24. The fraction of sp³-hybridized carbons (Fsp3) is 0.188. The molecule has 4 heteroatoms. The van der Waals surface area contributed by atoms with Crippen LogP contribution in [0.4, 0.5) is 0 Å². The maximum Gasteiger partial charge on any atom is 0.305 e. The van der Waals surface area contributed by atoms with Crippen molar-refractivity contribution in [2.75, 3.05) is 0 Å². The predicted molar refractivity (Wildman–Crippen MR) is 87.4 cm³/mol. The zero-order valence-corrected chi connectivity index (χ0v) is 13.1. The first-order valence-electron chi connectivity index (χ1n) is 6.40. The van der Waals surface area contributed by atoms with Crippen molar-refractivity contribution in [2.45, 2.75) is 19.0 Å². The highest BCUT2D eigenvalue weighted by molar-refractivity contribution is 14.1. The molecule has 0 bridgehead atoms. The van der Waals surface area contributed by atoms with Crippen molar-refractivity contribution in [3.05, 3.63) is 69.3 Å². The largest absolute Gasteiger partial charge is 0.481 e. The molecule has 1 atom stereocenters. The van der Waals surface area contributed by atoms with E-state index in [9.17, 15) is 4.79 Å². The van der Waals surface area contributed by atoms with Crippen LogP contribution in [0.2, 0.25) is 0 Å². The van der Waals surface area contributed by atoms with Gasteiger partial charge in [-0.3, -0.25) is 4.79 Å². The second-order valence-electron chi connectivity index (χ2n) is 4.57. The van der Waals surface area contributed by atoms with E-state index in [2.05, 4.69) is 27.9 Å². The second-order valence-corrected chi connectivity index (χ2v) is 5.81. The lowest BCUT2D eigenvalue weighted by molar-refractivity contribution is -0.137. The van der Waals surface area contributed by atoms with E-state index in [-0.39, 0.29) is 12.5 Å². The molecule has 0 aromatic heterocycles. The van der Waals surface area contributed by atoms with Crippen LogP contribution in [0.1, 0.15) is 23.6 Å². The number of hydrogen-bond acceptors (Lipinski definition) is 2. The monoisotopic (exact) mass is 381 g/mol. The van der Waals surface area contributed by atoms with Gasteiger partial charge in [0, 0.05) is 16.2 Å². The molecule has 0 fully saturated rings. The molecule has 0 aliphatic heterocycles. The third-order valence-electron chi connectivity index (χ3n) is 3.05. The van der Waals surface area contributed by atoms with E-state index in [1.165, 1.54) is 0 Å². The van der Waals surface area contributed by atoms with Gasteiger partial charge in [0.05, 0.1) is 6.42 Å². The number of carboxylic acid groups (broad SMARTS) is 1. The molecule has 2 aromatic carbocycles. The molecule has 2 N–H and O–H groups in total. The third-order valence-corrected chi connectivity index (χ3v) is 3.77. The molecular weight excluding hydrogens is 365 g/mol. The minimum atomic E-state index is -0.797. The zero-order valence-electron chi connectivity index (χ0n) is 10.9. The standard InChI is InChI=1S/C16H16INO2/c17-14-8-6-13(7-9-14)15(10-16(19)20)18-11-12-4-2-1-3-5-12/h1-9,15,18H,10-11H2,(H,19,20)/t15-/m1/s1. The van der Waals surface area contributed by atoms with E-state index in [0.29, 0.717) is 6.54 Å². The molecule has 0 saturated carbocycles. The molecule has 0 saturated heterocycles. The average Bonchev–Trinajstić information content (AvgIpc) is 2.45. The van der Waals surface area contributed by atoms with E-state index < -0.39 is 5.97 Å². The quantitative estimate of drug-likeness (QED) is 0.752. The van der Waals surface area contributed by atoms with Gasteiger partial charge in [-0.1, -0.05) is 42.5 Å². The van der Waals surface area contributed by atoms with Crippen LogP contribution in [-0.2, 0) is 11.3 Å². The number of rotatable bonds is 6. The highest BCUT2D eigenvalue weighted by Gasteiger charge is 2.14. The number of carboxylic acids is 1. The summed E-state index contributed by atoms with van der Waals surface area (Å²) in [6.07, 6.45) is 0.0768. The minimum absolute atomic E-state index is 0.0768. The second kappa shape index (κ2) is 7.40. The lowest BCUT2D eigenvalue weighted by atomic mass is 10.0. The van der Waals surface area contributed by atoms with Crippen LogP contribution in [0.3, 0.4) is 0 Å². The number of nitrogens with one attached hydrogen (secondary N) is 1. The van der Waals surface area contributed by atoms with E-state index in [0.717, 1.165) is 14.7 Å². The molecule has 104 valence electrons. The summed E-state index contributed by atoms with van der Waals surface area (Å²) in [5, 5.41) is 12.4. The van der Waals surface area contributed by atoms with Crippen molar-refractivity contribution < 1.29 is 9.90 Å². The Bertz CT molecular complexity index is 554. The van der Waals surface area contributed by atoms with Crippen molar-refractivity contribution in [3.8, 4) is 0 Å². The Hall–Kier alpha value is -1.40. The normalized spacial score (nSPS) is 12.1. The molecule has 0 amide bonds. The van der Waals surface area contributed by atoms with Crippen molar-refractivity contribution in [2.24, 2.45) is 0 Å². The van der Waals surface area contributed by atoms with E-state index in [1.807, 2.05) is 54.6 Å². The minimum Gasteiger partial charge on any atom is -0.481 e. The Balaban J connectivity index is 2.07. The van der Waals surface area contributed by atoms with Crippen LogP contribution >= 0.6 is 22.6 Å². The van der Waals surface area contributed by atoms with Crippen LogP contribution in [0.25, 0.3) is 0 Å². The van der Waals surface area contributed by atoms with Gasteiger partial charge in [0.2, 0.25) is 0 Å². The van der Waals surface area contributed by atoms with Crippen LogP contribution < -0.4 is 5.32 Å². The Morgan fingerprint density at radius 3 is 2.35 bits per heavy atom. The highest BCUT2D eigenvalue weighted by Crippen LogP contribution is 2.19. The van der Waals surface area contributed by atoms with Gasteiger partial charge in [-0.2, -0.15) is 0 Å². The van der Waals surface area contributed by atoms with Gasteiger partial charge in [0.15, 0.2) is 0 Å². The first kappa shape index (κ1) is 15.0. The number of benzene rings is 2. The van der Waals surface area contributed by atoms with Gasteiger partial charge >= 0.3 is 5.97 Å². The summed E-state index contributed by atoms with van der Waals surface area (Å²) in [6, 6.07) is 17.8. The van der Waals surface area contributed by atoms with Crippen LogP contribution in [0.15, 0.2) is 54.6 Å². The molecule has 0 radical (unpaired) electrons. The molecular formula is C16H16INO2. The van der Waals surface area contributed by atoms with E-state index >= 15 is 0 Å². The lowest BCUT2D eigenvalue weighted by Gasteiger charge is -2.17. The summed E-state index contributed by atoms with van der Waals surface area (Å²) in [7, 11) is 0. The van der Waals surface area contributed by atoms with E-state index in [4.69, 9.17) is 5.11 Å². The predicted octanol–water partition coefficient (Wildman–Crippen LogP) is 3.60. The van der Waals surface area contributed by atoms with Crippen LogP contribution in [0, 0.1) is 3.57 Å². The van der Waals surface area contributed by atoms with Crippen molar-refractivity contribution in [1.29, 1.82) is 0 Å².